The van der Waals surface area contributed by atoms with E-state index in [0.29, 0.717) is 13.1 Å². The summed E-state index contributed by atoms with van der Waals surface area (Å²) in [4.78, 5) is 42.5. The van der Waals surface area contributed by atoms with E-state index in [1.165, 1.54) is 25.5 Å². The number of hydrogen-bond acceptors (Lipinski definition) is 5. The molecule has 1 saturated carbocycles. The highest BCUT2D eigenvalue weighted by Gasteiger charge is 2.63. The van der Waals surface area contributed by atoms with Crippen molar-refractivity contribution in [3.05, 3.63) is 23.4 Å². The van der Waals surface area contributed by atoms with Crippen LogP contribution in [-0.2, 0) is 23.9 Å². The molecule has 37 heavy (non-hydrogen) atoms. The number of amides is 2. The van der Waals surface area contributed by atoms with Gasteiger partial charge in [0.2, 0.25) is 11.8 Å². The lowest BCUT2D eigenvalue weighted by Crippen LogP contribution is -2.62. The van der Waals surface area contributed by atoms with Crippen molar-refractivity contribution in [3.8, 4) is 0 Å². The van der Waals surface area contributed by atoms with E-state index in [0.717, 1.165) is 50.6 Å². The number of methoxy groups -OCH3 is 1. The summed E-state index contributed by atoms with van der Waals surface area (Å²) in [6, 6.07) is 0. The third-order valence-corrected chi connectivity index (χ3v) is 8.63. The van der Waals surface area contributed by atoms with E-state index >= 15 is 0 Å². The number of fused-ring (bicyclic) bond motifs is 1. The molecule has 7 heteroatoms. The molecular formula is C30H46N2O5. The Bertz CT molecular complexity index is 921. The molecule has 4 rings (SSSR count). The third kappa shape index (κ3) is 5.97. The van der Waals surface area contributed by atoms with Crippen molar-refractivity contribution >= 4 is 17.8 Å². The Balaban J connectivity index is 1.71. The van der Waals surface area contributed by atoms with Crippen LogP contribution < -0.4 is 5.32 Å². The fraction of sp³-hybridized carbons (Fsp3) is 0.767. The molecule has 2 amide bonds. The summed E-state index contributed by atoms with van der Waals surface area (Å²) in [6.07, 6.45) is 13.4. The summed E-state index contributed by atoms with van der Waals surface area (Å²) in [5.74, 6) is -0.633. The molecule has 1 saturated heterocycles. The Hall–Kier alpha value is -2.15. The third-order valence-electron chi connectivity index (χ3n) is 8.63. The molecule has 0 radical (unpaired) electrons. The van der Waals surface area contributed by atoms with Crippen molar-refractivity contribution in [1.82, 2.24) is 10.2 Å². The largest absolute Gasteiger partial charge is 0.468 e. The van der Waals surface area contributed by atoms with E-state index in [4.69, 9.17) is 9.47 Å². The molecule has 2 fully saturated rings. The van der Waals surface area contributed by atoms with Gasteiger partial charge in [-0.05, 0) is 75.7 Å². The summed E-state index contributed by atoms with van der Waals surface area (Å²) in [5.41, 5.74) is 1.07. The Kier molecular flexibility index (Phi) is 9.15. The summed E-state index contributed by atoms with van der Waals surface area (Å²) in [6.45, 7) is 7.43. The van der Waals surface area contributed by atoms with Crippen molar-refractivity contribution in [3.63, 3.8) is 0 Å². The number of allylic oxidation sites excluding steroid dienone is 1. The lowest BCUT2D eigenvalue weighted by atomic mass is 9.64. The summed E-state index contributed by atoms with van der Waals surface area (Å²) in [5, 5.41) is 2.97. The van der Waals surface area contributed by atoms with Gasteiger partial charge in [-0.15, -0.1) is 0 Å². The smallest absolute Gasteiger partial charge is 0.320 e. The number of unbranched alkanes of at least 4 members (excludes halogenated alkanes) is 1. The standard InChI is InChI=1S/C30H46N2O5/c1-5-6-15-31-26(33)17-23-19-30(29(35)36-4)25(18-24(20(2)3)37-27(30)22-12-13-22)32(28(23)34)16-14-21-10-8-7-9-11-21/h10,18,20,22-24,27H,5-9,11-17,19H2,1-4H3,(H,31,33)/t23-,24+,27+,30+/m0/s1. The van der Waals surface area contributed by atoms with Crippen molar-refractivity contribution in [2.45, 2.75) is 104 Å². The molecule has 0 aromatic carbocycles. The number of esters is 1. The van der Waals surface area contributed by atoms with Crippen molar-refractivity contribution < 1.29 is 23.9 Å². The van der Waals surface area contributed by atoms with Gasteiger partial charge in [-0.3, -0.25) is 14.4 Å². The molecule has 4 atom stereocenters. The first kappa shape index (κ1) is 27.9. The fourth-order valence-electron chi connectivity index (χ4n) is 6.37. The van der Waals surface area contributed by atoms with Gasteiger partial charge in [0, 0.05) is 31.1 Å². The minimum Gasteiger partial charge on any atom is -0.468 e. The van der Waals surface area contributed by atoms with Crippen LogP contribution in [0.5, 0.6) is 0 Å². The maximum Gasteiger partial charge on any atom is 0.320 e. The van der Waals surface area contributed by atoms with Gasteiger partial charge >= 0.3 is 5.97 Å². The number of carbonyl (C=O) groups is 3. The van der Waals surface area contributed by atoms with Gasteiger partial charge in [0.15, 0.2) is 0 Å². The predicted octanol–water partition coefficient (Wildman–Crippen LogP) is 4.91. The van der Waals surface area contributed by atoms with Crippen LogP contribution in [0.15, 0.2) is 23.4 Å². The van der Waals surface area contributed by atoms with E-state index in [1.54, 1.807) is 0 Å². The summed E-state index contributed by atoms with van der Waals surface area (Å²) in [7, 11) is 1.42. The van der Waals surface area contributed by atoms with Crippen LogP contribution in [-0.4, -0.2) is 55.1 Å². The lowest BCUT2D eigenvalue weighted by Gasteiger charge is -2.53. The number of carbonyl (C=O) groups excluding carboxylic acids is 3. The molecule has 2 aliphatic carbocycles. The number of nitrogens with zero attached hydrogens (tertiary/aromatic N) is 1. The van der Waals surface area contributed by atoms with Crippen molar-refractivity contribution in [2.24, 2.45) is 23.2 Å². The predicted molar refractivity (Wildman–Crippen MR) is 142 cm³/mol. The van der Waals surface area contributed by atoms with Crippen LogP contribution in [0.1, 0.15) is 91.4 Å². The molecule has 7 nitrogen and oxygen atoms in total. The van der Waals surface area contributed by atoms with Gasteiger partial charge in [-0.2, -0.15) is 0 Å². The molecule has 0 aromatic heterocycles. The van der Waals surface area contributed by atoms with Crippen LogP contribution in [0.2, 0.25) is 0 Å². The SMILES string of the molecule is CCCCNC(=O)C[C@H]1C[C@@]2(C(=O)OC)C(=C[C@H](C(C)C)O[C@@H]2C2CC2)N(CCC2=CCCCC2)C1=O. The van der Waals surface area contributed by atoms with Crippen molar-refractivity contribution in [2.75, 3.05) is 20.2 Å². The molecular weight excluding hydrogens is 468 g/mol. The molecule has 0 bridgehead atoms. The number of ether oxygens (including phenoxy) is 2. The van der Waals surface area contributed by atoms with Gasteiger partial charge < -0.3 is 19.7 Å². The highest BCUT2D eigenvalue weighted by atomic mass is 16.5. The second-order valence-corrected chi connectivity index (χ2v) is 11.8. The van der Waals surface area contributed by atoms with Crippen LogP contribution >= 0.6 is 0 Å². The zero-order valence-corrected chi connectivity index (χ0v) is 23.2. The van der Waals surface area contributed by atoms with Gasteiger partial charge in [0.25, 0.3) is 0 Å². The van der Waals surface area contributed by atoms with Crippen LogP contribution in [0.25, 0.3) is 0 Å². The zero-order valence-electron chi connectivity index (χ0n) is 23.2. The molecule has 0 aromatic rings. The summed E-state index contributed by atoms with van der Waals surface area (Å²) < 4.78 is 12.1. The average Bonchev–Trinajstić information content (AvgIpc) is 3.73. The number of nitrogens with one attached hydrogen (secondary N) is 1. The first-order chi connectivity index (χ1) is 17.8. The number of hydrogen-bond donors (Lipinski definition) is 1. The van der Waals surface area contributed by atoms with E-state index < -0.39 is 11.3 Å². The van der Waals surface area contributed by atoms with Crippen molar-refractivity contribution in [1.29, 1.82) is 0 Å². The van der Waals surface area contributed by atoms with E-state index in [-0.39, 0.29) is 54.7 Å². The first-order valence-electron chi connectivity index (χ1n) is 14.5. The molecule has 0 spiro atoms. The van der Waals surface area contributed by atoms with Gasteiger partial charge in [0.1, 0.15) is 5.41 Å². The molecule has 1 N–H and O–H groups in total. The first-order valence-corrected chi connectivity index (χ1v) is 14.5. The Morgan fingerprint density at radius 3 is 2.68 bits per heavy atom. The lowest BCUT2D eigenvalue weighted by molar-refractivity contribution is -0.182. The van der Waals surface area contributed by atoms with Crippen LogP contribution in [0.3, 0.4) is 0 Å². The monoisotopic (exact) mass is 514 g/mol. The average molecular weight is 515 g/mol. The molecule has 206 valence electrons. The normalized spacial score (nSPS) is 29.9. The van der Waals surface area contributed by atoms with E-state index in [2.05, 4.69) is 32.2 Å². The van der Waals surface area contributed by atoms with Gasteiger partial charge in [-0.25, -0.2) is 0 Å². The Morgan fingerprint density at radius 2 is 2.05 bits per heavy atom. The van der Waals surface area contributed by atoms with E-state index in [1.807, 2.05) is 11.0 Å². The quantitative estimate of drug-likeness (QED) is 0.241. The number of likely N-dealkylation sites (tertiary alicyclic amines) is 1. The van der Waals surface area contributed by atoms with Crippen LogP contribution in [0.4, 0.5) is 0 Å². The zero-order chi connectivity index (χ0) is 26.6. The van der Waals surface area contributed by atoms with Gasteiger partial charge in [-0.1, -0.05) is 38.8 Å². The van der Waals surface area contributed by atoms with E-state index in [9.17, 15) is 14.4 Å². The highest BCUT2D eigenvalue weighted by Crippen LogP contribution is 2.56. The Morgan fingerprint density at radius 1 is 1.27 bits per heavy atom. The second-order valence-electron chi connectivity index (χ2n) is 11.8. The summed E-state index contributed by atoms with van der Waals surface area (Å²) >= 11 is 0. The highest BCUT2D eigenvalue weighted by molar-refractivity contribution is 5.92. The second kappa shape index (κ2) is 12.1. The number of rotatable bonds is 11. The minimum absolute atomic E-state index is 0.0493. The van der Waals surface area contributed by atoms with Crippen LogP contribution in [0, 0.1) is 23.2 Å². The maximum atomic E-state index is 14.0. The molecule has 0 unspecified atom stereocenters. The molecule has 2 aliphatic heterocycles. The Labute approximate surface area is 222 Å². The maximum absolute atomic E-state index is 14.0. The molecule has 2 heterocycles. The minimum atomic E-state index is -1.06. The molecule has 4 aliphatic rings. The topological polar surface area (TPSA) is 84.9 Å². The van der Waals surface area contributed by atoms with Gasteiger partial charge in [0.05, 0.1) is 19.3 Å². The number of piperidine rings is 1. The fourth-order valence-corrected chi connectivity index (χ4v) is 6.37.